The number of non-ortho nitro benzene ring substituents is 1. The second kappa shape index (κ2) is 8.29. The van der Waals surface area contributed by atoms with Gasteiger partial charge in [-0.05, 0) is 31.0 Å². The summed E-state index contributed by atoms with van der Waals surface area (Å²) in [7, 11) is -0.200. The first-order valence-corrected chi connectivity index (χ1v) is 10.6. The molecule has 0 unspecified atom stereocenters. The minimum atomic E-state index is -3.75. The van der Waals surface area contributed by atoms with Crippen molar-refractivity contribution in [1.29, 1.82) is 0 Å². The fourth-order valence-electron chi connectivity index (χ4n) is 3.42. The van der Waals surface area contributed by atoms with Gasteiger partial charge in [0.05, 0.1) is 22.1 Å². The number of aromatic nitrogens is 2. The maximum absolute atomic E-state index is 12.8. The van der Waals surface area contributed by atoms with Crippen LogP contribution in [0, 0.1) is 16.0 Å². The standard InChI is InChI=1S/C18H23N5O5S/c1-20(13-16-7-10-19-21(16)2)18(24)14-8-11-22(12-9-14)29(27,28)17-5-3-15(4-6-17)23(25)26/h3-7,10,14H,8-9,11-13H2,1-2H3. The number of carbonyl (C=O) groups excluding carboxylic acids is 1. The Morgan fingerprint density at radius 2 is 1.86 bits per heavy atom. The molecule has 3 rings (SSSR count). The van der Waals surface area contributed by atoms with E-state index < -0.39 is 14.9 Å². The largest absolute Gasteiger partial charge is 0.340 e. The van der Waals surface area contributed by atoms with Crippen LogP contribution in [0.4, 0.5) is 5.69 Å². The van der Waals surface area contributed by atoms with Crippen molar-refractivity contribution in [3.63, 3.8) is 0 Å². The summed E-state index contributed by atoms with van der Waals surface area (Å²) in [6.45, 7) is 0.904. The van der Waals surface area contributed by atoms with Crippen molar-refractivity contribution in [2.75, 3.05) is 20.1 Å². The minimum Gasteiger partial charge on any atom is -0.340 e. The number of sulfonamides is 1. The number of rotatable bonds is 6. The fourth-order valence-corrected chi connectivity index (χ4v) is 4.89. The van der Waals surface area contributed by atoms with E-state index in [4.69, 9.17) is 0 Å². The van der Waals surface area contributed by atoms with Crippen LogP contribution in [0.15, 0.2) is 41.4 Å². The van der Waals surface area contributed by atoms with Gasteiger partial charge in [0.15, 0.2) is 0 Å². The maximum Gasteiger partial charge on any atom is 0.269 e. The van der Waals surface area contributed by atoms with E-state index in [1.165, 1.54) is 28.6 Å². The quantitative estimate of drug-likeness (QED) is 0.514. The Hall–Kier alpha value is -2.79. The third-order valence-electron chi connectivity index (χ3n) is 5.19. The zero-order chi connectivity index (χ0) is 21.2. The van der Waals surface area contributed by atoms with E-state index in [9.17, 15) is 23.3 Å². The molecule has 1 amide bonds. The summed E-state index contributed by atoms with van der Waals surface area (Å²) in [6.07, 6.45) is 2.54. The second-order valence-electron chi connectivity index (χ2n) is 7.07. The summed E-state index contributed by atoms with van der Waals surface area (Å²) in [5.74, 6) is -0.255. The highest BCUT2D eigenvalue weighted by Crippen LogP contribution is 2.26. The zero-order valence-corrected chi connectivity index (χ0v) is 17.1. The van der Waals surface area contributed by atoms with Gasteiger partial charge in [-0.15, -0.1) is 0 Å². The summed E-state index contributed by atoms with van der Waals surface area (Å²) < 4.78 is 28.6. The third-order valence-corrected chi connectivity index (χ3v) is 7.10. The molecule has 0 saturated carbocycles. The highest BCUT2D eigenvalue weighted by Gasteiger charge is 2.33. The van der Waals surface area contributed by atoms with E-state index in [-0.39, 0.29) is 35.5 Å². The lowest BCUT2D eigenvalue weighted by Crippen LogP contribution is -2.43. The van der Waals surface area contributed by atoms with Gasteiger partial charge in [-0.3, -0.25) is 19.6 Å². The highest BCUT2D eigenvalue weighted by molar-refractivity contribution is 7.89. The van der Waals surface area contributed by atoms with Crippen molar-refractivity contribution in [1.82, 2.24) is 19.0 Å². The first-order chi connectivity index (χ1) is 13.7. The lowest BCUT2D eigenvalue weighted by molar-refractivity contribution is -0.384. The van der Waals surface area contributed by atoms with Crippen LogP contribution in [0.1, 0.15) is 18.5 Å². The van der Waals surface area contributed by atoms with Crippen molar-refractivity contribution in [2.45, 2.75) is 24.3 Å². The minimum absolute atomic E-state index is 0.0150. The average Bonchev–Trinajstić information content (AvgIpc) is 3.12. The van der Waals surface area contributed by atoms with Gasteiger partial charge >= 0.3 is 0 Å². The molecule has 0 spiro atoms. The molecule has 11 heteroatoms. The Bertz CT molecular complexity index is 994. The lowest BCUT2D eigenvalue weighted by atomic mass is 9.96. The molecule has 1 saturated heterocycles. The van der Waals surface area contributed by atoms with Gasteiger partial charge in [-0.2, -0.15) is 9.40 Å². The molecule has 0 bridgehead atoms. The number of amides is 1. The number of hydrogen-bond acceptors (Lipinski definition) is 6. The number of benzene rings is 1. The maximum atomic E-state index is 12.8. The van der Waals surface area contributed by atoms with E-state index in [2.05, 4.69) is 5.10 Å². The molecule has 2 heterocycles. The molecule has 0 aliphatic carbocycles. The van der Waals surface area contributed by atoms with E-state index in [1.54, 1.807) is 22.8 Å². The number of nitrogens with zero attached hydrogens (tertiary/aromatic N) is 5. The van der Waals surface area contributed by atoms with Crippen LogP contribution in [0.2, 0.25) is 0 Å². The van der Waals surface area contributed by atoms with E-state index in [0.29, 0.717) is 19.4 Å². The van der Waals surface area contributed by atoms with Crippen molar-refractivity contribution >= 4 is 21.6 Å². The van der Waals surface area contributed by atoms with Crippen LogP contribution >= 0.6 is 0 Å². The van der Waals surface area contributed by atoms with Crippen LogP contribution in [-0.4, -0.2) is 58.4 Å². The Labute approximate surface area is 168 Å². The number of carbonyl (C=O) groups is 1. The number of hydrogen-bond donors (Lipinski definition) is 0. The van der Waals surface area contributed by atoms with Crippen LogP contribution in [0.5, 0.6) is 0 Å². The second-order valence-corrected chi connectivity index (χ2v) is 9.01. The molecule has 0 N–H and O–H groups in total. The summed E-state index contributed by atoms with van der Waals surface area (Å²) >= 11 is 0. The van der Waals surface area contributed by atoms with Gasteiger partial charge in [0, 0.05) is 51.4 Å². The number of aryl methyl sites for hydroxylation is 1. The predicted molar refractivity (Wildman–Crippen MR) is 104 cm³/mol. The molecule has 156 valence electrons. The van der Waals surface area contributed by atoms with Crippen LogP contribution in [0.25, 0.3) is 0 Å². The molecule has 10 nitrogen and oxygen atoms in total. The van der Waals surface area contributed by atoms with Gasteiger partial charge in [0.2, 0.25) is 15.9 Å². The van der Waals surface area contributed by atoms with Crippen LogP contribution in [-0.2, 0) is 28.4 Å². The monoisotopic (exact) mass is 421 g/mol. The molecular weight excluding hydrogens is 398 g/mol. The van der Waals surface area contributed by atoms with E-state index >= 15 is 0 Å². The highest BCUT2D eigenvalue weighted by atomic mass is 32.2. The van der Waals surface area contributed by atoms with Crippen LogP contribution in [0.3, 0.4) is 0 Å². The molecule has 2 aromatic rings. The fraction of sp³-hybridized carbons (Fsp3) is 0.444. The zero-order valence-electron chi connectivity index (χ0n) is 16.3. The van der Waals surface area contributed by atoms with Crippen LogP contribution < -0.4 is 0 Å². The summed E-state index contributed by atoms with van der Waals surface area (Å²) in [5.41, 5.74) is 0.753. The molecule has 0 atom stereocenters. The Morgan fingerprint density at radius 1 is 1.24 bits per heavy atom. The van der Waals surface area contributed by atoms with Crippen molar-refractivity contribution in [3.8, 4) is 0 Å². The summed E-state index contributed by atoms with van der Waals surface area (Å²) in [4.78, 5) is 24.6. The van der Waals surface area contributed by atoms with Gasteiger partial charge in [0.25, 0.3) is 5.69 Å². The molecular formula is C18H23N5O5S. The molecule has 1 aliphatic rings. The van der Waals surface area contributed by atoms with Gasteiger partial charge in [0.1, 0.15) is 0 Å². The number of piperidine rings is 1. The number of nitro benzene ring substituents is 1. The van der Waals surface area contributed by atoms with E-state index in [0.717, 1.165) is 5.69 Å². The van der Waals surface area contributed by atoms with Crippen molar-refractivity contribution in [3.05, 3.63) is 52.3 Å². The van der Waals surface area contributed by atoms with Gasteiger partial charge < -0.3 is 4.90 Å². The average molecular weight is 421 g/mol. The molecule has 1 aromatic carbocycles. The van der Waals surface area contributed by atoms with Gasteiger partial charge in [-0.1, -0.05) is 0 Å². The molecule has 29 heavy (non-hydrogen) atoms. The third kappa shape index (κ3) is 4.46. The van der Waals surface area contributed by atoms with Crippen molar-refractivity contribution in [2.24, 2.45) is 13.0 Å². The first-order valence-electron chi connectivity index (χ1n) is 9.16. The Balaban J connectivity index is 1.61. The molecule has 1 aromatic heterocycles. The lowest BCUT2D eigenvalue weighted by Gasteiger charge is -2.32. The molecule has 1 fully saturated rings. The van der Waals surface area contributed by atoms with Gasteiger partial charge in [-0.25, -0.2) is 8.42 Å². The van der Waals surface area contributed by atoms with E-state index in [1.807, 2.05) is 13.1 Å². The summed E-state index contributed by atoms with van der Waals surface area (Å²) in [6, 6.07) is 6.69. The Kier molecular flexibility index (Phi) is 5.99. The van der Waals surface area contributed by atoms with Crippen molar-refractivity contribution < 1.29 is 18.1 Å². The smallest absolute Gasteiger partial charge is 0.269 e. The SMILES string of the molecule is CN(Cc1ccnn1C)C(=O)C1CCN(S(=O)(=O)c2ccc([N+](=O)[O-])cc2)CC1. The topological polar surface area (TPSA) is 119 Å². The first kappa shape index (κ1) is 20.9. The summed E-state index contributed by atoms with van der Waals surface area (Å²) in [5, 5.41) is 14.8. The normalized spacial score (nSPS) is 15.9. The molecule has 1 aliphatic heterocycles. The predicted octanol–water partition coefficient (Wildman–Crippen LogP) is 1.39. The number of nitro groups is 1. The molecule has 0 radical (unpaired) electrons. The Morgan fingerprint density at radius 3 is 2.38 bits per heavy atom.